The number of pyridine rings is 1. The lowest BCUT2D eigenvalue weighted by molar-refractivity contribution is -0.139. The van der Waals surface area contributed by atoms with Crippen molar-refractivity contribution >= 4 is 28.8 Å². The van der Waals surface area contributed by atoms with Crippen LogP contribution in [0.5, 0.6) is 5.75 Å². The van der Waals surface area contributed by atoms with Crippen LogP contribution in [0.2, 0.25) is 0 Å². The van der Waals surface area contributed by atoms with Gasteiger partial charge in [-0.25, -0.2) is 9.78 Å². The number of aromatic nitrogens is 1. The van der Waals surface area contributed by atoms with Gasteiger partial charge in [-0.2, -0.15) is 0 Å². The molecule has 1 fully saturated rings. The lowest BCUT2D eigenvalue weighted by Crippen LogP contribution is -2.53. The minimum Gasteiger partial charge on any atom is -0.488 e. The highest BCUT2D eigenvalue weighted by molar-refractivity contribution is 5.92. The third kappa shape index (κ3) is 7.01. The van der Waals surface area contributed by atoms with Crippen molar-refractivity contribution in [3.05, 3.63) is 60.2 Å². The van der Waals surface area contributed by atoms with Gasteiger partial charge in [0.2, 0.25) is 11.8 Å². The molecule has 3 aromatic rings. The standard InChI is InChI=1S/C33H40N4O5/c1-2-3-14-27-32(39)37-21-24(19-29(37)31(34)38)42-30-20-28(23-12-8-6-9-13-23)35-26-16-15-22(18-25(26)30)11-7-4-5-10-17-41-33(40)36-27/h6,8-9,12-13,15-16,18,20,24,27,29H,2-5,7,10-11,14,17,19,21H2,1H3,(H2,34,38)(H,36,40)/t24-,27+,29+/m1/s1. The van der Waals surface area contributed by atoms with E-state index in [1.165, 1.54) is 10.5 Å². The molecule has 0 unspecified atom stereocenters. The predicted molar refractivity (Wildman–Crippen MR) is 161 cm³/mol. The maximum atomic E-state index is 13.8. The number of nitrogens with zero attached hydrogens (tertiary/aromatic N) is 2. The van der Waals surface area contributed by atoms with Crippen molar-refractivity contribution in [2.45, 2.75) is 82.9 Å². The normalized spacial score (nSPS) is 22.0. The molecule has 5 rings (SSSR count). The Balaban J connectivity index is 1.51. The second-order valence-electron chi connectivity index (χ2n) is 11.2. The average Bonchev–Trinajstić information content (AvgIpc) is 3.42. The minimum absolute atomic E-state index is 0.177. The summed E-state index contributed by atoms with van der Waals surface area (Å²) in [7, 11) is 0. The van der Waals surface area contributed by atoms with Crippen molar-refractivity contribution in [1.82, 2.24) is 15.2 Å². The molecular weight excluding hydrogens is 532 g/mol. The number of nitrogens with one attached hydrogen (secondary N) is 1. The van der Waals surface area contributed by atoms with Crippen LogP contribution in [0.1, 0.15) is 63.9 Å². The fourth-order valence-corrected chi connectivity index (χ4v) is 5.83. The molecule has 0 radical (unpaired) electrons. The predicted octanol–water partition coefficient (Wildman–Crippen LogP) is 5.14. The number of cyclic esters (lactones) is 1. The number of hydrogen-bond donors (Lipinski definition) is 2. The first-order chi connectivity index (χ1) is 20.4. The molecule has 2 aliphatic rings. The van der Waals surface area contributed by atoms with E-state index in [2.05, 4.69) is 17.4 Å². The fraction of sp³-hybridized carbons (Fsp3) is 0.455. The highest BCUT2D eigenvalue weighted by Gasteiger charge is 2.42. The molecule has 0 spiro atoms. The summed E-state index contributed by atoms with van der Waals surface area (Å²) in [5.41, 5.74) is 9.54. The van der Waals surface area contributed by atoms with Crippen molar-refractivity contribution < 1.29 is 23.9 Å². The third-order valence-electron chi connectivity index (χ3n) is 8.10. The van der Waals surface area contributed by atoms with Crippen LogP contribution in [0.4, 0.5) is 4.79 Å². The molecule has 3 amide bonds. The minimum atomic E-state index is -0.840. The van der Waals surface area contributed by atoms with E-state index in [0.717, 1.165) is 67.1 Å². The van der Waals surface area contributed by atoms with Gasteiger partial charge in [0.15, 0.2) is 0 Å². The van der Waals surface area contributed by atoms with Gasteiger partial charge in [-0.05, 0) is 43.4 Å². The first-order valence-electron chi connectivity index (χ1n) is 15.1. The fourth-order valence-electron chi connectivity index (χ4n) is 5.83. The summed E-state index contributed by atoms with van der Waals surface area (Å²) in [6, 6.07) is 16.5. The Kier molecular flexibility index (Phi) is 9.56. The number of carbonyl (C=O) groups excluding carboxylic acids is 3. The van der Waals surface area contributed by atoms with Gasteiger partial charge in [0.1, 0.15) is 23.9 Å². The number of carbonyl (C=O) groups is 3. The van der Waals surface area contributed by atoms with E-state index in [4.69, 9.17) is 20.2 Å². The van der Waals surface area contributed by atoms with Crippen LogP contribution >= 0.6 is 0 Å². The van der Waals surface area contributed by atoms with E-state index in [-0.39, 0.29) is 18.9 Å². The van der Waals surface area contributed by atoms with Crippen molar-refractivity contribution in [3.8, 4) is 17.0 Å². The van der Waals surface area contributed by atoms with Gasteiger partial charge in [0.05, 0.1) is 24.4 Å². The van der Waals surface area contributed by atoms with Crippen LogP contribution in [-0.2, 0) is 20.7 Å². The molecule has 1 aromatic heterocycles. The van der Waals surface area contributed by atoms with Gasteiger partial charge in [-0.1, -0.05) is 69.0 Å². The number of rotatable bonds is 5. The van der Waals surface area contributed by atoms with Crippen molar-refractivity contribution in [1.29, 1.82) is 0 Å². The second-order valence-corrected chi connectivity index (χ2v) is 11.2. The van der Waals surface area contributed by atoms with E-state index in [0.29, 0.717) is 18.8 Å². The van der Waals surface area contributed by atoms with E-state index in [1.807, 2.05) is 49.4 Å². The van der Waals surface area contributed by atoms with Gasteiger partial charge in [-0.3, -0.25) is 9.59 Å². The Labute approximate surface area is 246 Å². The monoisotopic (exact) mass is 572 g/mol. The van der Waals surface area contributed by atoms with E-state index in [9.17, 15) is 14.4 Å². The Hall–Kier alpha value is -4.14. The molecule has 1 saturated heterocycles. The summed E-state index contributed by atoms with van der Waals surface area (Å²) in [6.07, 6.45) is 5.82. The lowest BCUT2D eigenvalue weighted by Gasteiger charge is -2.27. The summed E-state index contributed by atoms with van der Waals surface area (Å²) >= 11 is 0. The molecular formula is C33H40N4O5. The van der Waals surface area contributed by atoms with Crippen LogP contribution in [0.25, 0.3) is 22.2 Å². The molecule has 42 heavy (non-hydrogen) atoms. The zero-order valence-corrected chi connectivity index (χ0v) is 24.2. The molecule has 3 N–H and O–H groups in total. The van der Waals surface area contributed by atoms with Gasteiger partial charge in [0.25, 0.3) is 0 Å². The Bertz CT molecular complexity index is 1410. The highest BCUT2D eigenvalue weighted by Crippen LogP contribution is 2.34. The Morgan fingerprint density at radius 3 is 2.67 bits per heavy atom. The molecule has 222 valence electrons. The number of ether oxygens (including phenoxy) is 2. The first-order valence-corrected chi connectivity index (χ1v) is 15.1. The molecule has 4 bridgehead atoms. The number of primary amides is 1. The van der Waals surface area contributed by atoms with Crippen LogP contribution in [0, 0.1) is 0 Å². The van der Waals surface area contributed by atoms with Crippen molar-refractivity contribution in [3.63, 3.8) is 0 Å². The SMILES string of the molecule is CCCC[C@@H]1NC(=O)OCCCCCCc2ccc3nc(-c4ccccc4)cc(c3c2)O[C@@H]2C[C@@H](C(N)=O)N(C2)C1=O. The number of nitrogens with two attached hydrogens (primary N) is 1. The van der Waals surface area contributed by atoms with Crippen molar-refractivity contribution in [2.24, 2.45) is 5.73 Å². The largest absolute Gasteiger partial charge is 0.488 e. The molecule has 9 heteroatoms. The van der Waals surface area contributed by atoms with Crippen LogP contribution in [0.15, 0.2) is 54.6 Å². The van der Waals surface area contributed by atoms with Crippen LogP contribution in [-0.4, -0.2) is 59.1 Å². The summed E-state index contributed by atoms with van der Waals surface area (Å²) in [5.74, 6) is -0.286. The summed E-state index contributed by atoms with van der Waals surface area (Å²) in [5, 5.41) is 3.65. The Morgan fingerprint density at radius 1 is 1.07 bits per heavy atom. The Morgan fingerprint density at radius 2 is 1.88 bits per heavy atom. The van der Waals surface area contributed by atoms with E-state index < -0.39 is 30.2 Å². The number of alkyl carbamates (subject to hydrolysis) is 1. The number of amides is 3. The first kappa shape index (κ1) is 29.4. The van der Waals surface area contributed by atoms with Gasteiger partial charge < -0.3 is 25.4 Å². The smallest absolute Gasteiger partial charge is 0.407 e. The number of fused-ring (bicyclic) bond motifs is 3. The topological polar surface area (TPSA) is 124 Å². The number of unbranched alkanes of at least 4 members (excludes halogenated alkanes) is 1. The maximum absolute atomic E-state index is 13.8. The molecule has 9 nitrogen and oxygen atoms in total. The lowest BCUT2D eigenvalue weighted by atomic mass is 10.0. The van der Waals surface area contributed by atoms with Crippen molar-refractivity contribution in [2.75, 3.05) is 13.2 Å². The van der Waals surface area contributed by atoms with Gasteiger partial charge in [-0.15, -0.1) is 0 Å². The second kappa shape index (κ2) is 13.7. The molecule has 2 aliphatic heterocycles. The average molecular weight is 573 g/mol. The molecule has 0 aliphatic carbocycles. The summed E-state index contributed by atoms with van der Waals surface area (Å²) < 4.78 is 12.0. The molecule has 3 atom stereocenters. The number of benzene rings is 2. The van der Waals surface area contributed by atoms with Gasteiger partial charge in [0, 0.05) is 23.4 Å². The maximum Gasteiger partial charge on any atom is 0.407 e. The van der Waals surface area contributed by atoms with Crippen LogP contribution in [0.3, 0.4) is 0 Å². The van der Waals surface area contributed by atoms with E-state index >= 15 is 0 Å². The summed E-state index contributed by atoms with van der Waals surface area (Å²) in [4.78, 5) is 45.3. The quantitative estimate of drug-likeness (QED) is 0.437. The zero-order chi connectivity index (χ0) is 29.5. The van der Waals surface area contributed by atoms with Gasteiger partial charge >= 0.3 is 6.09 Å². The summed E-state index contributed by atoms with van der Waals surface area (Å²) in [6.45, 7) is 2.49. The molecule has 2 aromatic carbocycles. The highest BCUT2D eigenvalue weighted by atomic mass is 16.5. The molecule has 0 saturated carbocycles. The zero-order valence-electron chi connectivity index (χ0n) is 24.2. The van der Waals surface area contributed by atoms with Crippen LogP contribution < -0.4 is 15.8 Å². The number of aryl methyl sites for hydroxylation is 1. The molecule has 3 heterocycles. The van der Waals surface area contributed by atoms with E-state index in [1.54, 1.807) is 0 Å². The number of hydrogen-bond acceptors (Lipinski definition) is 6. The third-order valence-corrected chi connectivity index (χ3v) is 8.10.